The molecule has 5 heteroatoms. The molecule has 0 saturated carbocycles. The third kappa shape index (κ3) is 5.90. The first kappa shape index (κ1) is 16.7. The molecule has 23 heavy (non-hydrogen) atoms. The smallest absolute Gasteiger partial charge is 0.303 e. The van der Waals surface area contributed by atoms with E-state index in [4.69, 9.17) is 19.3 Å². The van der Waals surface area contributed by atoms with Gasteiger partial charge in [-0.15, -0.1) is 0 Å². The number of benzene rings is 2. The van der Waals surface area contributed by atoms with E-state index in [1.54, 1.807) is 7.11 Å². The van der Waals surface area contributed by atoms with Gasteiger partial charge in [0.2, 0.25) is 0 Å². The van der Waals surface area contributed by atoms with Crippen molar-refractivity contribution in [2.24, 2.45) is 0 Å². The molecule has 5 nitrogen and oxygen atoms in total. The Hall–Kier alpha value is -2.69. The van der Waals surface area contributed by atoms with Gasteiger partial charge in [0.25, 0.3) is 0 Å². The Kier molecular flexibility index (Phi) is 6.29. The van der Waals surface area contributed by atoms with Crippen molar-refractivity contribution in [3.05, 3.63) is 54.1 Å². The average Bonchev–Trinajstić information content (AvgIpc) is 2.58. The summed E-state index contributed by atoms with van der Waals surface area (Å²) >= 11 is 0. The predicted molar refractivity (Wildman–Crippen MR) is 86.4 cm³/mol. The molecule has 2 rings (SSSR count). The van der Waals surface area contributed by atoms with Crippen molar-refractivity contribution in [1.82, 2.24) is 0 Å². The average molecular weight is 316 g/mol. The fourth-order valence-electron chi connectivity index (χ4n) is 1.99. The highest BCUT2D eigenvalue weighted by Crippen LogP contribution is 2.17. The summed E-state index contributed by atoms with van der Waals surface area (Å²) in [6, 6.07) is 14.8. The van der Waals surface area contributed by atoms with Gasteiger partial charge in [0, 0.05) is 6.42 Å². The quantitative estimate of drug-likeness (QED) is 0.720. The van der Waals surface area contributed by atoms with Crippen molar-refractivity contribution in [2.45, 2.75) is 12.8 Å². The molecule has 0 saturated heterocycles. The number of ether oxygens (including phenoxy) is 3. The lowest BCUT2D eigenvalue weighted by Gasteiger charge is -2.09. The van der Waals surface area contributed by atoms with Gasteiger partial charge in [0.05, 0.1) is 7.11 Å². The highest BCUT2D eigenvalue weighted by atomic mass is 16.5. The molecule has 0 aromatic heterocycles. The second-order valence-corrected chi connectivity index (χ2v) is 4.91. The van der Waals surface area contributed by atoms with Crippen LogP contribution in [-0.2, 0) is 11.2 Å². The van der Waals surface area contributed by atoms with Gasteiger partial charge in [-0.3, -0.25) is 4.79 Å². The summed E-state index contributed by atoms with van der Waals surface area (Å²) in [5, 5.41) is 8.65. The summed E-state index contributed by atoms with van der Waals surface area (Å²) in [5.74, 6) is 1.50. The SMILES string of the molecule is COc1ccc(OCCOc2ccc(CCC(=O)O)cc2)cc1. The molecular formula is C18H20O5. The Bertz CT molecular complexity index is 604. The number of aryl methyl sites for hydroxylation is 1. The molecule has 0 amide bonds. The van der Waals surface area contributed by atoms with Crippen LogP contribution in [0.25, 0.3) is 0 Å². The second-order valence-electron chi connectivity index (χ2n) is 4.91. The number of methoxy groups -OCH3 is 1. The Labute approximate surface area is 135 Å². The third-order valence-corrected chi connectivity index (χ3v) is 3.23. The maximum atomic E-state index is 10.5. The molecule has 0 fully saturated rings. The molecule has 0 heterocycles. The lowest BCUT2D eigenvalue weighted by atomic mass is 10.1. The highest BCUT2D eigenvalue weighted by Gasteiger charge is 2.00. The van der Waals surface area contributed by atoms with Crippen molar-refractivity contribution < 1.29 is 24.1 Å². The predicted octanol–water partition coefficient (Wildman–Crippen LogP) is 3.17. The van der Waals surface area contributed by atoms with Crippen molar-refractivity contribution in [1.29, 1.82) is 0 Å². The van der Waals surface area contributed by atoms with Crippen LogP contribution in [0.15, 0.2) is 48.5 Å². The fraction of sp³-hybridized carbons (Fsp3) is 0.278. The molecule has 0 atom stereocenters. The largest absolute Gasteiger partial charge is 0.497 e. The molecule has 122 valence electrons. The number of hydrogen-bond donors (Lipinski definition) is 1. The van der Waals surface area contributed by atoms with E-state index >= 15 is 0 Å². The monoisotopic (exact) mass is 316 g/mol. The third-order valence-electron chi connectivity index (χ3n) is 3.23. The Morgan fingerprint density at radius 2 is 1.35 bits per heavy atom. The van der Waals surface area contributed by atoms with Crippen LogP contribution >= 0.6 is 0 Å². The van der Waals surface area contributed by atoms with E-state index in [9.17, 15) is 4.79 Å². The minimum absolute atomic E-state index is 0.135. The highest BCUT2D eigenvalue weighted by molar-refractivity contribution is 5.67. The summed E-state index contributed by atoms with van der Waals surface area (Å²) in [7, 11) is 1.62. The standard InChI is InChI=1S/C18H20O5/c1-21-15-7-9-17(10-8-15)23-13-12-22-16-5-2-14(3-6-16)4-11-18(19)20/h2-3,5-10H,4,11-13H2,1H3,(H,19,20). The van der Waals surface area contributed by atoms with E-state index in [2.05, 4.69) is 0 Å². The van der Waals surface area contributed by atoms with E-state index in [0.717, 1.165) is 22.8 Å². The Balaban J connectivity index is 1.70. The molecular weight excluding hydrogens is 296 g/mol. The first-order valence-electron chi connectivity index (χ1n) is 7.38. The molecule has 0 spiro atoms. The van der Waals surface area contributed by atoms with Crippen LogP contribution in [0, 0.1) is 0 Å². The first-order valence-corrected chi connectivity index (χ1v) is 7.38. The van der Waals surface area contributed by atoms with Crippen LogP contribution in [-0.4, -0.2) is 31.4 Å². The zero-order chi connectivity index (χ0) is 16.5. The lowest BCUT2D eigenvalue weighted by molar-refractivity contribution is -0.136. The lowest BCUT2D eigenvalue weighted by Crippen LogP contribution is -2.09. The Morgan fingerprint density at radius 1 is 0.870 bits per heavy atom. The van der Waals surface area contributed by atoms with E-state index < -0.39 is 5.97 Å². The van der Waals surface area contributed by atoms with Crippen molar-refractivity contribution in [3.63, 3.8) is 0 Å². The maximum Gasteiger partial charge on any atom is 0.303 e. The summed E-state index contributed by atoms with van der Waals surface area (Å²) < 4.78 is 16.2. The summed E-state index contributed by atoms with van der Waals surface area (Å²) in [4.78, 5) is 10.5. The van der Waals surface area contributed by atoms with Gasteiger partial charge in [-0.2, -0.15) is 0 Å². The van der Waals surface area contributed by atoms with E-state index in [0.29, 0.717) is 19.6 Å². The van der Waals surface area contributed by atoms with Crippen LogP contribution in [0.4, 0.5) is 0 Å². The minimum Gasteiger partial charge on any atom is -0.497 e. The summed E-state index contributed by atoms with van der Waals surface area (Å²) in [6.07, 6.45) is 0.659. The van der Waals surface area contributed by atoms with Gasteiger partial charge < -0.3 is 19.3 Å². The van der Waals surface area contributed by atoms with Crippen molar-refractivity contribution in [3.8, 4) is 17.2 Å². The van der Waals surface area contributed by atoms with Gasteiger partial charge in [0.15, 0.2) is 0 Å². The molecule has 0 bridgehead atoms. The zero-order valence-corrected chi connectivity index (χ0v) is 13.0. The molecule has 0 aliphatic rings. The topological polar surface area (TPSA) is 65.0 Å². The number of aliphatic carboxylic acids is 1. The van der Waals surface area contributed by atoms with Crippen molar-refractivity contribution in [2.75, 3.05) is 20.3 Å². The summed E-state index contributed by atoms with van der Waals surface area (Å²) in [6.45, 7) is 0.869. The first-order chi connectivity index (χ1) is 11.2. The molecule has 2 aromatic carbocycles. The van der Waals surface area contributed by atoms with Crippen LogP contribution in [0.5, 0.6) is 17.2 Å². The van der Waals surface area contributed by atoms with Crippen LogP contribution < -0.4 is 14.2 Å². The van der Waals surface area contributed by atoms with E-state index in [-0.39, 0.29) is 6.42 Å². The van der Waals surface area contributed by atoms with Gasteiger partial charge in [-0.05, 0) is 48.4 Å². The minimum atomic E-state index is -0.791. The number of carbonyl (C=O) groups is 1. The van der Waals surface area contributed by atoms with Crippen LogP contribution in [0.1, 0.15) is 12.0 Å². The molecule has 0 aliphatic carbocycles. The Morgan fingerprint density at radius 3 is 1.83 bits per heavy atom. The number of rotatable bonds is 9. The summed E-state index contributed by atoms with van der Waals surface area (Å²) in [5.41, 5.74) is 0.981. The van der Waals surface area contributed by atoms with E-state index in [1.165, 1.54) is 0 Å². The zero-order valence-electron chi connectivity index (χ0n) is 13.0. The van der Waals surface area contributed by atoms with Gasteiger partial charge in [-0.25, -0.2) is 0 Å². The normalized spacial score (nSPS) is 10.1. The van der Waals surface area contributed by atoms with Gasteiger partial charge in [0.1, 0.15) is 30.5 Å². The molecule has 0 radical (unpaired) electrons. The van der Waals surface area contributed by atoms with Gasteiger partial charge in [-0.1, -0.05) is 12.1 Å². The van der Waals surface area contributed by atoms with Gasteiger partial charge >= 0.3 is 5.97 Å². The maximum absolute atomic E-state index is 10.5. The molecule has 0 aliphatic heterocycles. The second kappa shape index (κ2) is 8.68. The van der Waals surface area contributed by atoms with Crippen LogP contribution in [0.3, 0.4) is 0 Å². The number of hydrogen-bond acceptors (Lipinski definition) is 4. The molecule has 0 unspecified atom stereocenters. The fourth-order valence-corrected chi connectivity index (χ4v) is 1.99. The van der Waals surface area contributed by atoms with Crippen molar-refractivity contribution >= 4 is 5.97 Å². The molecule has 1 N–H and O–H groups in total. The molecule has 2 aromatic rings. The number of carboxylic acids is 1. The van der Waals surface area contributed by atoms with E-state index in [1.807, 2.05) is 48.5 Å². The number of carboxylic acid groups (broad SMARTS) is 1. The van der Waals surface area contributed by atoms with Crippen LogP contribution in [0.2, 0.25) is 0 Å².